The molecule has 142 valence electrons. The molecule has 2 N–H and O–H groups in total. The fourth-order valence-electron chi connectivity index (χ4n) is 3.01. The van der Waals surface area contributed by atoms with Crippen molar-refractivity contribution in [3.63, 3.8) is 0 Å². The zero-order chi connectivity index (χ0) is 19.2. The fourth-order valence-corrected chi connectivity index (χ4v) is 3.35. The van der Waals surface area contributed by atoms with Gasteiger partial charge in [0.05, 0.1) is 17.3 Å². The van der Waals surface area contributed by atoms with Crippen LogP contribution in [-0.2, 0) is 4.79 Å². The van der Waals surface area contributed by atoms with Gasteiger partial charge < -0.3 is 15.5 Å². The Kier molecular flexibility index (Phi) is 6.58. The molecule has 0 bridgehead atoms. The maximum atomic E-state index is 12.6. The number of carbonyl (C=O) groups excluding carboxylic acids is 2. The van der Waals surface area contributed by atoms with Crippen LogP contribution in [0, 0.1) is 0 Å². The molecule has 1 aliphatic heterocycles. The van der Waals surface area contributed by atoms with E-state index in [9.17, 15) is 9.59 Å². The second-order valence-electron chi connectivity index (χ2n) is 6.46. The average molecular weight is 406 g/mol. The summed E-state index contributed by atoms with van der Waals surface area (Å²) in [5.74, 6) is -0.222. The third-order valence-electron chi connectivity index (χ3n) is 4.41. The lowest BCUT2D eigenvalue weighted by Gasteiger charge is -2.26. The largest absolute Gasteiger partial charge is 0.376 e. The lowest BCUT2D eigenvalue weighted by molar-refractivity contribution is -0.114. The lowest BCUT2D eigenvalue weighted by Crippen LogP contribution is -2.35. The highest BCUT2D eigenvalue weighted by Gasteiger charge is 2.18. The van der Waals surface area contributed by atoms with Crippen LogP contribution >= 0.6 is 23.2 Å². The normalized spacial score (nSPS) is 13.9. The average Bonchev–Trinajstić information content (AvgIpc) is 2.69. The van der Waals surface area contributed by atoms with Gasteiger partial charge in [0.1, 0.15) is 0 Å². The Hall–Kier alpha value is -2.24. The minimum Gasteiger partial charge on any atom is -0.376 e. The molecule has 0 atom stereocenters. The first-order chi connectivity index (χ1) is 13.0. The Balaban J connectivity index is 1.58. The van der Waals surface area contributed by atoms with Gasteiger partial charge in [-0.2, -0.15) is 0 Å². The van der Waals surface area contributed by atoms with Gasteiger partial charge in [0.25, 0.3) is 5.91 Å². The topological polar surface area (TPSA) is 61.4 Å². The number of nitrogens with zero attached hydrogens (tertiary/aromatic N) is 1. The quantitative estimate of drug-likeness (QED) is 0.759. The van der Waals surface area contributed by atoms with Crippen LogP contribution in [0.3, 0.4) is 0 Å². The standard InChI is InChI=1S/C20H21Cl2N3O2/c21-15-7-8-17(22)18(12-15)24-19(26)13-23-16-6-4-5-14(11-16)20(27)25-9-2-1-3-10-25/h4-8,11-12,23H,1-3,9-10,13H2,(H,24,26). The Morgan fingerprint density at radius 2 is 1.78 bits per heavy atom. The third kappa shape index (κ3) is 5.37. The molecule has 0 aromatic heterocycles. The van der Waals surface area contributed by atoms with Crippen LogP contribution in [0.25, 0.3) is 0 Å². The van der Waals surface area contributed by atoms with Gasteiger partial charge in [-0.25, -0.2) is 0 Å². The van der Waals surface area contributed by atoms with Crippen molar-refractivity contribution in [3.05, 3.63) is 58.1 Å². The van der Waals surface area contributed by atoms with Crippen molar-refractivity contribution < 1.29 is 9.59 Å². The Morgan fingerprint density at radius 1 is 1.00 bits per heavy atom. The summed E-state index contributed by atoms with van der Waals surface area (Å²) >= 11 is 12.0. The highest BCUT2D eigenvalue weighted by atomic mass is 35.5. The first kappa shape index (κ1) is 19.5. The number of halogens is 2. The van der Waals surface area contributed by atoms with Gasteiger partial charge >= 0.3 is 0 Å². The Morgan fingerprint density at radius 3 is 2.56 bits per heavy atom. The van der Waals surface area contributed by atoms with Gasteiger partial charge in [-0.3, -0.25) is 9.59 Å². The maximum Gasteiger partial charge on any atom is 0.253 e. The van der Waals surface area contributed by atoms with E-state index in [2.05, 4.69) is 10.6 Å². The number of hydrogen-bond donors (Lipinski definition) is 2. The predicted octanol–water partition coefficient (Wildman–Crippen LogP) is 4.67. The van der Waals surface area contributed by atoms with E-state index in [-0.39, 0.29) is 18.4 Å². The molecule has 1 heterocycles. The van der Waals surface area contributed by atoms with E-state index >= 15 is 0 Å². The molecule has 0 unspecified atom stereocenters. The first-order valence-corrected chi connectivity index (χ1v) is 9.66. The van der Waals surface area contributed by atoms with Crippen LogP contribution in [0.4, 0.5) is 11.4 Å². The second kappa shape index (κ2) is 9.11. The van der Waals surface area contributed by atoms with Crippen LogP contribution in [0.5, 0.6) is 0 Å². The van der Waals surface area contributed by atoms with Crippen molar-refractivity contribution in [3.8, 4) is 0 Å². The number of hydrogen-bond acceptors (Lipinski definition) is 3. The predicted molar refractivity (Wildman–Crippen MR) is 110 cm³/mol. The van der Waals surface area contributed by atoms with E-state index < -0.39 is 0 Å². The molecule has 1 saturated heterocycles. The van der Waals surface area contributed by atoms with Crippen LogP contribution in [-0.4, -0.2) is 36.3 Å². The molecule has 0 saturated carbocycles. The zero-order valence-electron chi connectivity index (χ0n) is 14.8. The van der Waals surface area contributed by atoms with Crippen molar-refractivity contribution in [2.24, 2.45) is 0 Å². The SMILES string of the molecule is O=C(CNc1cccc(C(=O)N2CCCCC2)c1)Nc1cc(Cl)ccc1Cl. The fraction of sp³-hybridized carbons (Fsp3) is 0.300. The van der Waals surface area contributed by atoms with Gasteiger partial charge in [-0.1, -0.05) is 29.3 Å². The Labute approximate surface area is 168 Å². The lowest BCUT2D eigenvalue weighted by atomic mass is 10.1. The van der Waals surface area contributed by atoms with E-state index in [1.165, 1.54) is 6.42 Å². The summed E-state index contributed by atoms with van der Waals surface area (Å²) in [5, 5.41) is 6.67. The summed E-state index contributed by atoms with van der Waals surface area (Å²) in [4.78, 5) is 26.6. The van der Waals surface area contributed by atoms with E-state index in [0.717, 1.165) is 25.9 Å². The van der Waals surface area contributed by atoms with Crippen LogP contribution in [0.2, 0.25) is 10.0 Å². The summed E-state index contributed by atoms with van der Waals surface area (Å²) in [6.07, 6.45) is 3.28. The number of rotatable bonds is 5. The van der Waals surface area contributed by atoms with Crippen LogP contribution in [0.15, 0.2) is 42.5 Å². The van der Waals surface area contributed by atoms with E-state index in [4.69, 9.17) is 23.2 Å². The maximum absolute atomic E-state index is 12.6. The molecule has 3 rings (SSSR count). The number of piperidine rings is 1. The minimum absolute atomic E-state index is 0.0357. The van der Waals surface area contributed by atoms with Gasteiger partial charge in [-0.15, -0.1) is 0 Å². The summed E-state index contributed by atoms with van der Waals surface area (Å²) in [6.45, 7) is 1.66. The van der Waals surface area contributed by atoms with Gasteiger partial charge in [0.2, 0.25) is 5.91 Å². The number of benzene rings is 2. The molecule has 0 radical (unpaired) electrons. The van der Waals surface area contributed by atoms with E-state index in [0.29, 0.717) is 27.0 Å². The smallest absolute Gasteiger partial charge is 0.253 e. The van der Waals surface area contributed by atoms with Gasteiger partial charge in [-0.05, 0) is 55.7 Å². The third-order valence-corrected chi connectivity index (χ3v) is 4.97. The molecule has 1 aliphatic rings. The number of nitrogens with one attached hydrogen (secondary N) is 2. The molecular weight excluding hydrogens is 385 g/mol. The van der Waals surface area contributed by atoms with Crippen molar-refractivity contribution in [1.82, 2.24) is 4.90 Å². The molecule has 2 aromatic rings. The highest BCUT2D eigenvalue weighted by molar-refractivity contribution is 6.35. The number of anilines is 2. The molecule has 2 aromatic carbocycles. The van der Waals surface area contributed by atoms with E-state index in [1.807, 2.05) is 17.0 Å². The van der Waals surface area contributed by atoms with Crippen molar-refractivity contribution in [1.29, 1.82) is 0 Å². The summed E-state index contributed by atoms with van der Waals surface area (Å²) in [7, 11) is 0. The molecule has 0 aliphatic carbocycles. The molecule has 0 spiro atoms. The number of amides is 2. The molecule has 2 amide bonds. The molecule has 27 heavy (non-hydrogen) atoms. The monoisotopic (exact) mass is 405 g/mol. The van der Waals surface area contributed by atoms with Gasteiger partial charge in [0.15, 0.2) is 0 Å². The van der Waals surface area contributed by atoms with Crippen LogP contribution in [0.1, 0.15) is 29.6 Å². The van der Waals surface area contributed by atoms with Crippen molar-refractivity contribution in [2.45, 2.75) is 19.3 Å². The van der Waals surface area contributed by atoms with Gasteiger partial charge in [0, 0.05) is 29.4 Å². The molecular formula is C20H21Cl2N3O2. The minimum atomic E-state index is -0.257. The zero-order valence-corrected chi connectivity index (χ0v) is 16.3. The summed E-state index contributed by atoms with van der Waals surface area (Å²) in [5.41, 5.74) is 1.80. The second-order valence-corrected chi connectivity index (χ2v) is 7.30. The van der Waals surface area contributed by atoms with E-state index in [1.54, 1.807) is 30.3 Å². The van der Waals surface area contributed by atoms with Crippen LogP contribution < -0.4 is 10.6 Å². The first-order valence-electron chi connectivity index (χ1n) is 8.91. The van der Waals surface area contributed by atoms with Crippen molar-refractivity contribution in [2.75, 3.05) is 30.3 Å². The molecule has 1 fully saturated rings. The number of likely N-dealkylation sites (tertiary alicyclic amines) is 1. The molecule has 5 nitrogen and oxygen atoms in total. The molecule has 7 heteroatoms. The summed E-state index contributed by atoms with van der Waals surface area (Å²) < 4.78 is 0. The summed E-state index contributed by atoms with van der Waals surface area (Å²) in [6, 6.07) is 12.1. The number of carbonyl (C=O) groups is 2. The Bertz CT molecular complexity index is 836. The highest BCUT2D eigenvalue weighted by Crippen LogP contribution is 2.25. The van der Waals surface area contributed by atoms with Crippen molar-refractivity contribution >= 4 is 46.4 Å².